The largest absolute Gasteiger partial charge is 0.471 e. The predicted molar refractivity (Wildman–Crippen MR) is 105 cm³/mol. The van der Waals surface area contributed by atoms with Gasteiger partial charge in [-0.25, -0.2) is 13.2 Å². The first-order valence-corrected chi connectivity index (χ1v) is 10.5. The Morgan fingerprint density at radius 3 is 2.39 bits per heavy atom. The van der Waals surface area contributed by atoms with E-state index in [9.17, 15) is 31.2 Å². The maximum absolute atomic E-state index is 12.9. The molecular formula is C20H14F3N3O4S. The highest BCUT2D eigenvalue weighted by Gasteiger charge is 2.44. The minimum atomic E-state index is -5.04. The minimum absolute atomic E-state index is 0.00817. The number of rotatable bonds is 3. The number of anilines is 1. The molecule has 1 aromatic heterocycles. The van der Waals surface area contributed by atoms with Gasteiger partial charge in [0.2, 0.25) is 0 Å². The van der Waals surface area contributed by atoms with Gasteiger partial charge in [-0.05, 0) is 36.2 Å². The van der Waals surface area contributed by atoms with E-state index in [1.165, 1.54) is 12.1 Å². The summed E-state index contributed by atoms with van der Waals surface area (Å²) in [5.41, 5.74) is 0.172. The maximum Gasteiger partial charge on any atom is 0.471 e. The Labute approximate surface area is 174 Å². The molecule has 31 heavy (non-hydrogen) atoms. The second-order valence-corrected chi connectivity index (χ2v) is 8.57. The number of carbonyl (C=O) groups is 1. The summed E-state index contributed by atoms with van der Waals surface area (Å²) in [6, 6.07) is 13.5. The van der Waals surface area contributed by atoms with Crippen molar-refractivity contribution in [3.8, 4) is 11.3 Å². The van der Waals surface area contributed by atoms with Gasteiger partial charge in [0, 0.05) is 24.0 Å². The molecule has 160 valence electrons. The van der Waals surface area contributed by atoms with Gasteiger partial charge in [-0.3, -0.25) is 4.79 Å². The number of carbonyl (C=O) groups excluding carboxylic acids is 1. The van der Waals surface area contributed by atoms with Crippen molar-refractivity contribution in [1.29, 1.82) is 0 Å². The molecule has 4 rings (SSSR count). The molecule has 0 aliphatic carbocycles. The van der Waals surface area contributed by atoms with Gasteiger partial charge in [-0.15, -0.1) is 0 Å². The Hall–Kier alpha value is -3.47. The number of aromatic nitrogens is 2. The van der Waals surface area contributed by atoms with Crippen LogP contribution in [-0.2, 0) is 21.2 Å². The molecule has 0 spiro atoms. The summed E-state index contributed by atoms with van der Waals surface area (Å²) in [4.78, 5) is 28.1. The van der Waals surface area contributed by atoms with E-state index in [0.717, 1.165) is 18.3 Å². The van der Waals surface area contributed by atoms with Crippen molar-refractivity contribution in [3.63, 3.8) is 0 Å². The SMILES string of the molecule is O=C(N1CCc2cc(S(=O)(=O)n3ccc(-c4ccccc4)nc3=O)ccc21)C(F)(F)F. The molecule has 11 heteroatoms. The van der Waals surface area contributed by atoms with Gasteiger partial charge >= 0.3 is 17.8 Å². The lowest BCUT2D eigenvalue weighted by atomic mass is 10.1. The van der Waals surface area contributed by atoms with E-state index in [-0.39, 0.29) is 29.1 Å². The number of halogens is 3. The molecule has 1 aliphatic heterocycles. The summed E-state index contributed by atoms with van der Waals surface area (Å²) in [5.74, 6) is -2.02. The predicted octanol–water partition coefficient (Wildman–Crippen LogP) is 2.60. The van der Waals surface area contributed by atoms with E-state index in [0.29, 0.717) is 20.1 Å². The van der Waals surface area contributed by atoms with E-state index in [1.54, 1.807) is 30.3 Å². The van der Waals surface area contributed by atoms with E-state index in [1.807, 2.05) is 0 Å². The molecule has 0 atom stereocenters. The van der Waals surface area contributed by atoms with Crippen molar-refractivity contribution in [3.05, 3.63) is 76.8 Å². The Kier molecular flexibility index (Phi) is 4.92. The van der Waals surface area contributed by atoms with E-state index in [2.05, 4.69) is 4.98 Å². The van der Waals surface area contributed by atoms with Crippen molar-refractivity contribution < 1.29 is 26.4 Å². The molecule has 0 radical (unpaired) electrons. The molecule has 2 aromatic carbocycles. The minimum Gasteiger partial charge on any atom is -0.304 e. The topological polar surface area (TPSA) is 89.3 Å². The summed E-state index contributed by atoms with van der Waals surface area (Å²) in [5, 5.41) is 0. The summed E-state index contributed by atoms with van der Waals surface area (Å²) in [7, 11) is -4.34. The monoisotopic (exact) mass is 449 g/mol. The van der Waals surface area contributed by atoms with Gasteiger partial charge < -0.3 is 4.90 Å². The van der Waals surface area contributed by atoms with Crippen molar-refractivity contribution in [1.82, 2.24) is 8.96 Å². The van der Waals surface area contributed by atoms with Crippen molar-refractivity contribution in [2.75, 3.05) is 11.4 Å². The lowest BCUT2D eigenvalue weighted by Crippen LogP contribution is -2.40. The molecule has 0 fully saturated rings. The van der Waals surface area contributed by atoms with E-state index >= 15 is 0 Å². The normalized spacial score (nSPS) is 13.8. The molecule has 0 unspecified atom stereocenters. The van der Waals surface area contributed by atoms with Gasteiger partial charge in [0.05, 0.1) is 10.6 Å². The molecular weight excluding hydrogens is 435 g/mol. The Morgan fingerprint density at radius 1 is 1.03 bits per heavy atom. The highest BCUT2D eigenvalue weighted by molar-refractivity contribution is 7.90. The molecule has 0 N–H and O–H groups in total. The number of alkyl halides is 3. The fraction of sp³-hybridized carbons (Fsp3) is 0.150. The number of hydrogen-bond acceptors (Lipinski definition) is 5. The first-order valence-electron chi connectivity index (χ1n) is 9.01. The highest BCUT2D eigenvalue weighted by atomic mass is 32.2. The fourth-order valence-corrected chi connectivity index (χ4v) is 4.59. The van der Waals surface area contributed by atoms with Gasteiger partial charge in [0.1, 0.15) is 0 Å². The number of benzene rings is 2. The van der Waals surface area contributed by atoms with Crippen LogP contribution >= 0.6 is 0 Å². The Balaban J connectivity index is 1.69. The summed E-state index contributed by atoms with van der Waals surface area (Å²) >= 11 is 0. The fourth-order valence-electron chi connectivity index (χ4n) is 3.36. The zero-order chi connectivity index (χ0) is 22.4. The van der Waals surface area contributed by atoms with Gasteiger partial charge in [-0.1, -0.05) is 30.3 Å². The third-order valence-electron chi connectivity index (χ3n) is 4.83. The average molecular weight is 449 g/mol. The summed E-state index contributed by atoms with van der Waals surface area (Å²) in [6.07, 6.45) is -3.90. The second-order valence-electron chi connectivity index (χ2n) is 6.76. The maximum atomic E-state index is 12.9. The third kappa shape index (κ3) is 3.72. The number of hydrogen-bond donors (Lipinski definition) is 0. The Bertz CT molecular complexity index is 1340. The number of amides is 1. The molecule has 0 saturated carbocycles. The molecule has 1 amide bonds. The van der Waals surface area contributed by atoms with E-state index in [4.69, 9.17) is 0 Å². The number of fused-ring (bicyclic) bond motifs is 1. The molecule has 3 aromatic rings. The molecule has 0 bridgehead atoms. The summed E-state index contributed by atoms with van der Waals surface area (Å²) < 4.78 is 64.6. The molecule has 1 aliphatic rings. The quantitative estimate of drug-likeness (QED) is 0.613. The Morgan fingerprint density at radius 2 is 1.74 bits per heavy atom. The van der Waals surface area contributed by atoms with Crippen LogP contribution in [0, 0.1) is 0 Å². The lowest BCUT2D eigenvalue weighted by Gasteiger charge is -2.19. The standard InChI is InChI=1S/C20H14F3N3O4S/c21-20(22,23)18(27)25-10-8-14-12-15(6-7-17(14)25)31(29,30)26-11-9-16(24-19(26)28)13-4-2-1-3-5-13/h1-7,9,11-12H,8,10H2. The van der Waals surface area contributed by atoms with Crippen LogP contribution in [0.4, 0.5) is 18.9 Å². The van der Waals surface area contributed by atoms with Crippen molar-refractivity contribution in [2.24, 2.45) is 0 Å². The van der Waals surface area contributed by atoms with Gasteiger partial charge in [0.25, 0.3) is 10.0 Å². The van der Waals surface area contributed by atoms with Crippen molar-refractivity contribution >= 4 is 21.6 Å². The van der Waals surface area contributed by atoms with Crippen LogP contribution in [0.3, 0.4) is 0 Å². The lowest BCUT2D eigenvalue weighted by molar-refractivity contribution is -0.170. The first kappa shape index (κ1) is 20.8. The smallest absolute Gasteiger partial charge is 0.304 e. The molecule has 2 heterocycles. The highest BCUT2D eigenvalue weighted by Crippen LogP contribution is 2.33. The molecule has 7 nitrogen and oxygen atoms in total. The van der Waals surface area contributed by atoms with Crippen LogP contribution in [-0.4, -0.2) is 36.0 Å². The molecule has 0 saturated heterocycles. The zero-order valence-electron chi connectivity index (χ0n) is 15.7. The van der Waals surface area contributed by atoms with Crippen LogP contribution in [0.2, 0.25) is 0 Å². The average Bonchev–Trinajstić information content (AvgIpc) is 3.16. The van der Waals surface area contributed by atoms with Crippen LogP contribution < -0.4 is 10.6 Å². The zero-order valence-corrected chi connectivity index (χ0v) is 16.5. The second kappa shape index (κ2) is 7.34. The first-order chi connectivity index (χ1) is 14.6. The number of nitrogens with zero attached hydrogens (tertiary/aromatic N) is 3. The third-order valence-corrected chi connectivity index (χ3v) is 6.48. The van der Waals surface area contributed by atoms with E-state index < -0.39 is 27.8 Å². The van der Waals surface area contributed by atoms with Crippen LogP contribution in [0.1, 0.15) is 5.56 Å². The van der Waals surface area contributed by atoms with Gasteiger partial charge in [-0.2, -0.15) is 22.1 Å². The van der Waals surface area contributed by atoms with Gasteiger partial charge in [0.15, 0.2) is 0 Å². The van der Waals surface area contributed by atoms with Crippen molar-refractivity contribution in [2.45, 2.75) is 17.5 Å². The van der Waals surface area contributed by atoms with Crippen LogP contribution in [0.25, 0.3) is 11.3 Å². The summed E-state index contributed by atoms with van der Waals surface area (Å²) in [6.45, 7) is -0.218. The van der Waals surface area contributed by atoms with Crippen LogP contribution in [0.5, 0.6) is 0 Å². The van der Waals surface area contributed by atoms with Crippen LogP contribution in [0.15, 0.2) is 70.5 Å².